The largest absolute Gasteiger partial charge is 0.390 e. The fourth-order valence-corrected chi connectivity index (χ4v) is 3.59. The van der Waals surface area contributed by atoms with Crippen LogP contribution in [-0.4, -0.2) is 81.0 Å². The summed E-state index contributed by atoms with van der Waals surface area (Å²) in [6.07, 6.45) is 0.835. The molecule has 0 bridgehead atoms. The molecule has 0 radical (unpaired) electrons. The highest BCUT2D eigenvalue weighted by Crippen LogP contribution is 2.27. The van der Waals surface area contributed by atoms with Gasteiger partial charge in [-0.25, -0.2) is 0 Å². The molecule has 0 aliphatic carbocycles. The van der Waals surface area contributed by atoms with Crippen molar-refractivity contribution in [3.63, 3.8) is 0 Å². The molecule has 1 aromatic rings. The molecule has 5 nitrogen and oxygen atoms in total. The number of anilines is 1. The number of β-amino-alcohol motifs (C(OH)–C–C–N with tert-alkyl or cyclic N) is 1. The quantitative estimate of drug-likeness (QED) is 0.840. The number of nitrogens with zero attached hydrogens (tertiary/aromatic N) is 3. The Hall–Kier alpha value is -1.14. The number of likely N-dealkylation sites (N-methyl/N-ethyl adjacent to an activating group) is 2. The fourth-order valence-electron chi connectivity index (χ4n) is 3.59. The summed E-state index contributed by atoms with van der Waals surface area (Å²) in [7, 11) is 4.24. The maximum absolute atomic E-state index is 10.3. The van der Waals surface area contributed by atoms with Crippen LogP contribution in [0.1, 0.15) is 11.1 Å². The van der Waals surface area contributed by atoms with Crippen LogP contribution >= 0.6 is 0 Å². The first-order chi connectivity index (χ1) is 11.1. The van der Waals surface area contributed by atoms with Gasteiger partial charge in [-0.1, -0.05) is 12.1 Å². The third-order valence-electron chi connectivity index (χ3n) is 4.82. The minimum absolute atomic E-state index is 0.307. The molecule has 1 unspecified atom stereocenters. The fraction of sp³-hybridized carbons (Fsp3) is 0.667. The van der Waals surface area contributed by atoms with E-state index in [2.05, 4.69) is 47.0 Å². The molecule has 1 atom stereocenters. The van der Waals surface area contributed by atoms with Gasteiger partial charge in [0.15, 0.2) is 0 Å². The van der Waals surface area contributed by atoms with Gasteiger partial charge in [-0.05, 0) is 30.7 Å². The van der Waals surface area contributed by atoms with E-state index in [0.717, 1.165) is 52.4 Å². The van der Waals surface area contributed by atoms with Crippen molar-refractivity contribution < 1.29 is 9.84 Å². The molecule has 1 saturated heterocycles. The van der Waals surface area contributed by atoms with E-state index < -0.39 is 0 Å². The van der Waals surface area contributed by atoms with Crippen LogP contribution in [0.2, 0.25) is 0 Å². The van der Waals surface area contributed by atoms with Crippen molar-refractivity contribution in [1.82, 2.24) is 9.80 Å². The molecule has 0 saturated carbocycles. The molecule has 2 aliphatic rings. The van der Waals surface area contributed by atoms with Gasteiger partial charge in [0.25, 0.3) is 0 Å². The van der Waals surface area contributed by atoms with Gasteiger partial charge in [0.2, 0.25) is 0 Å². The molecular weight excluding hydrogens is 290 g/mol. The van der Waals surface area contributed by atoms with Crippen LogP contribution < -0.4 is 4.90 Å². The summed E-state index contributed by atoms with van der Waals surface area (Å²) in [6.45, 7) is 6.87. The maximum Gasteiger partial charge on any atom is 0.0793 e. The van der Waals surface area contributed by atoms with E-state index in [-0.39, 0.29) is 6.10 Å². The number of morpholine rings is 1. The van der Waals surface area contributed by atoms with Crippen molar-refractivity contribution in [2.45, 2.75) is 19.1 Å². The predicted molar refractivity (Wildman–Crippen MR) is 93.0 cm³/mol. The number of hydrogen-bond donors (Lipinski definition) is 1. The van der Waals surface area contributed by atoms with Gasteiger partial charge in [0, 0.05) is 52.0 Å². The van der Waals surface area contributed by atoms with Crippen molar-refractivity contribution in [2.75, 3.05) is 64.9 Å². The molecule has 1 N–H and O–H groups in total. The zero-order valence-corrected chi connectivity index (χ0v) is 14.4. The molecule has 0 aromatic heterocycles. The lowest BCUT2D eigenvalue weighted by Gasteiger charge is -2.30. The van der Waals surface area contributed by atoms with Crippen LogP contribution in [0.25, 0.3) is 0 Å². The van der Waals surface area contributed by atoms with Gasteiger partial charge < -0.3 is 14.7 Å². The zero-order chi connectivity index (χ0) is 16.2. The lowest BCUT2D eigenvalue weighted by atomic mass is 10.1. The lowest BCUT2D eigenvalue weighted by molar-refractivity contribution is 0.00825. The summed E-state index contributed by atoms with van der Waals surface area (Å²) in [5.41, 5.74) is 4.15. The van der Waals surface area contributed by atoms with Gasteiger partial charge in [0.05, 0.1) is 19.3 Å². The van der Waals surface area contributed by atoms with Gasteiger partial charge in [-0.15, -0.1) is 0 Å². The average molecular weight is 319 g/mol. The second-order valence-electron chi connectivity index (χ2n) is 6.90. The number of rotatable bonds is 6. The number of aliphatic hydroxyl groups excluding tert-OH is 1. The topological polar surface area (TPSA) is 39.2 Å². The van der Waals surface area contributed by atoms with E-state index in [9.17, 15) is 5.11 Å². The molecule has 0 amide bonds. The summed E-state index contributed by atoms with van der Waals surface area (Å²) >= 11 is 0. The number of aliphatic hydroxyl groups is 1. The summed E-state index contributed by atoms with van der Waals surface area (Å²) in [5, 5.41) is 10.3. The second kappa shape index (κ2) is 7.62. The molecule has 1 aromatic carbocycles. The minimum Gasteiger partial charge on any atom is -0.390 e. The van der Waals surface area contributed by atoms with Crippen LogP contribution in [0.3, 0.4) is 0 Å². The van der Waals surface area contributed by atoms with E-state index in [1.165, 1.54) is 16.8 Å². The molecule has 128 valence electrons. The van der Waals surface area contributed by atoms with Crippen LogP contribution in [0, 0.1) is 0 Å². The monoisotopic (exact) mass is 319 g/mol. The van der Waals surface area contributed by atoms with Crippen molar-refractivity contribution in [2.24, 2.45) is 0 Å². The summed E-state index contributed by atoms with van der Waals surface area (Å²) in [5.74, 6) is 0. The first-order valence-corrected chi connectivity index (χ1v) is 8.61. The summed E-state index contributed by atoms with van der Waals surface area (Å²) in [6, 6.07) is 6.77. The van der Waals surface area contributed by atoms with Crippen molar-refractivity contribution in [3.05, 3.63) is 29.3 Å². The van der Waals surface area contributed by atoms with Gasteiger partial charge in [-0.2, -0.15) is 0 Å². The highest BCUT2D eigenvalue weighted by Gasteiger charge is 2.18. The Bertz CT molecular complexity index is 517. The third kappa shape index (κ3) is 4.44. The Morgan fingerprint density at radius 2 is 2.04 bits per heavy atom. The Morgan fingerprint density at radius 3 is 2.83 bits per heavy atom. The van der Waals surface area contributed by atoms with Crippen LogP contribution in [0.4, 0.5) is 5.69 Å². The summed E-state index contributed by atoms with van der Waals surface area (Å²) in [4.78, 5) is 6.81. The third-order valence-corrected chi connectivity index (χ3v) is 4.82. The Kier molecular flexibility index (Phi) is 5.54. The van der Waals surface area contributed by atoms with Gasteiger partial charge in [-0.3, -0.25) is 9.80 Å². The first kappa shape index (κ1) is 16.7. The number of ether oxygens (including phenoxy) is 1. The van der Waals surface area contributed by atoms with Gasteiger partial charge >= 0.3 is 0 Å². The van der Waals surface area contributed by atoms with E-state index in [0.29, 0.717) is 6.54 Å². The Morgan fingerprint density at radius 1 is 1.26 bits per heavy atom. The highest BCUT2D eigenvalue weighted by molar-refractivity contribution is 5.58. The zero-order valence-electron chi connectivity index (χ0n) is 14.4. The average Bonchev–Trinajstić information content (AvgIpc) is 2.89. The highest BCUT2D eigenvalue weighted by atomic mass is 16.5. The molecule has 5 heteroatoms. The number of fused-ring (bicyclic) bond motifs is 1. The van der Waals surface area contributed by atoms with E-state index >= 15 is 0 Å². The molecule has 23 heavy (non-hydrogen) atoms. The van der Waals surface area contributed by atoms with E-state index in [1.807, 2.05) is 0 Å². The lowest BCUT2D eigenvalue weighted by Crippen LogP contribution is -2.43. The predicted octanol–water partition coefficient (Wildman–Crippen LogP) is 0.804. The molecule has 0 spiro atoms. The standard InChI is InChI=1S/C18H29N3O2/c1-19(13-17(22)14-21-7-9-23-10-8-21)12-15-3-4-18-16(11-15)5-6-20(18)2/h3-4,11,17,22H,5-10,12-14H2,1-2H3. The van der Waals surface area contributed by atoms with Crippen molar-refractivity contribution in [3.8, 4) is 0 Å². The molecule has 3 rings (SSSR count). The van der Waals surface area contributed by atoms with Crippen LogP contribution in [0.15, 0.2) is 18.2 Å². The minimum atomic E-state index is -0.307. The molecule has 2 heterocycles. The summed E-state index contributed by atoms with van der Waals surface area (Å²) < 4.78 is 5.35. The first-order valence-electron chi connectivity index (χ1n) is 8.61. The maximum atomic E-state index is 10.3. The second-order valence-corrected chi connectivity index (χ2v) is 6.90. The Balaban J connectivity index is 1.48. The Labute approximate surface area is 139 Å². The van der Waals surface area contributed by atoms with Crippen molar-refractivity contribution in [1.29, 1.82) is 0 Å². The molecular formula is C18H29N3O2. The SMILES string of the molecule is CN(Cc1ccc2c(c1)CCN2C)CC(O)CN1CCOCC1. The van der Waals surface area contributed by atoms with E-state index in [4.69, 9.17) is 4.74 Å². The van der Waals surface area contributed by atoms with Crippen molar-refractivity contribution >= 4 is 5.69 Å². The van der Waals surface area contributed by atoms with Gasteiger partial charge in [0.1, 0.15) is 0 Å². The smallest absolute Gasteiger partial charge is 0.0793 e. The number of benzene rings is 1. The molecule has 2 aliphatic heterocycles. The van der Waals surface area contributed by atoms with E-state index in [1.54, 1.807) is 0 Å². The van der Waals surface area contributed by atoms with Crippen LogP contribution in [0.5, 0.6) is 0 Å². The van der Waals surface area contributed by atoms with Crippen LogP contribution in [-0.2, 0) is 17.7 Å². The number of hydrogen-bond acceptors (Lipinski definition) is 5. The molecule has 1 fully saturated rings. The normalized spacial score (nSPS) is 20.1.